The minimum absolute atomic E-state index is 0.677. The summed E-state index contributed by atoms with van der Waals surface area (Å²) in [5.41, 5.74) is 4.43. The molecule has 2 aliphatic rings. The molecule has 1 saturated heterocycles. The Bertz CT molecular complexity index is 441. The van der Waals surface area contributed by atoms with Crippen molar-refractivity contribution in [1.29, 1.82) is 0 Å². The van der Waals surface area contributed by atoms with Crippen LogP contribution in [0.1, 0.15) is 37.3 Å². The maximum absolute atomic E-state index is 3.70. The second-order valence-corrected chi connectivity index (χ2v) is 6.46. The van der Waals surface area contributed by atoms with E-state index in [1.165, 1.54) is 56.6 Å². The monoisotopic (exact) mass is 258 g/mol. The summed E-state index contributed by atoms with van der Waals surface area (Å²) in [6, 6.07) is 7.64. The molecule has 2 aliphatic heterocycles. The molecule has 3 rings (SSSR count). The van der Waals surface area contributed by atoms with Crippen LogP contribution >= 0.6 is 0 Å². The molecule has 0 spiro atoms. The van der Waals surface area contributed by atoms with Crippen molar-refractivity contribution in [3.8, 4) is 0 Å². The highest BCUT2D eigenvalue weighted by Gasteiger charge is 2.23. The van der Waals surface area contributed by atoms with E-state index < -0.39 is 0 Å². The van der Waals surface area contributed by atoms with E-state index >= 15 is 0 Å². The van der Waals surface area contributed by atoms with Gasteiger partial charge < -0.3 is 10.2 Å². The van der Waals surface area contributed by atoms with Gasteiger partial charge in [-0.2, -0.15) is 0 Å². The van der Waals surface area contributed by atoms with Crippen molar-refractivity contribution < 1.29 is 0 Å². The number of nitrogens with one attached hydrogen (secondary N) is 1. The highest BCUT2D eigenvalue weighted by molar-refractivity contribution is 5.56. The van der Waals surface area contributed by atoms with Crippen LogP contribution in [-0.2, 0) is 6.42 Å². The third-order valence-corrected chi connectivity index (χ3v) is 4.65. The second kappa shape index (κ2) is 5.54. The maximum atomic E-state index is 3.70. The van der Waals surface area contributed by atoms with Crippen molar-refractivity contribution in [3.05, 3.63) is 29.3 Å². The van der Waals surface area contributed by atoms with Crippen LogP contribution in [0.25, 0.3) is 0 Å². The number of hydrogen-bond donors (Lipinski definition) is 1. The Morgan fingerprint density at radius 3 is 3.11 bits per heavy atom. The van der Waals surface area contributed by atoms with Gasteiger partial charge in [0.2, 0.25) is 0 Å². The molecule has 0 radical (unpaired) electrons. The fraction of sp³-hybridized carbons (Fsp3) is 0.647. The van der Waals surface area contributed by atoms with Gasteiger partial charge in [0, 0.05) is 24.8 Å². The Labute approximate surface area is 117 Å². The summed E-state index contributed by atoms with van der Waals surface area (Å²) in [6.07, 6.45) is 5.23. The fourth-order valence-corrected chi connectivity index (χ4v) is 3.62. The van der Waals surface area contributed by atoms with Gasteiger partial charge in [0.15, 0.2) is 0 Å². The standard InChI is InChI=1S/C17H26N2/c1-13-5-6-17-15(10-13)4-3-9-19(17)12-16-11-14(2)7-8-18-16/h5-6,10,14,16,18H,3-4,7-9,11-12H2,1-2H3. The van der Waals surface area contributed by atoms with Crippen molar-refractivity contribution in [3.63, 3.8) is 0 Å². The summed E-state index contributed by atoms with van der Waals surface area (Å²) in [7, 11) is 0. The molecule has 104 valence electrons. The summed E-state index contributed by atoms with van der Waals surface area (Å²) in [6.45, 7) is 8.19. The molecule has 2 nitrogen and oxygen atoms in total. The molecule has 19 heavy (non-hydrogen) atoms. The highest BCUT2D eigenvalue weighted by atomic mass is 15.2. The molecule has 1 fully saturated rings. The molecule has 2 unspecified atom stereocenters. The molecule has 2 atom stereocenters. The predicted molar refractivity (Wildman–Crippen MR) is 81.9 cm³/mol. The smallest absolute Gasteiger partial charge is 0.0399 e. The minimum Gasteiger partial charge on any atom is -0.370 e. The molecular weight excluding hydrogens is 232 g/mol. The van der Waals surface area contributed by atoms with Crippen LogP contribution in [0.4, 0.5) is 5.69 Å². The number of nitrogens with zero attached hydrogens (tertiary/aromatic N) is 1. The van der Waals surface area contributed by atoms with Gasteiger partial charge in [0.05, 0.1) is 0 Å². The Kier molecular flexibility index (Phi) is 3.79. The lowest BCUT2D eigenvalue weighted by molar-refractivity contribution is 0.319. The first kappa shape index (κ1) is 13.0. The molecule has 2 heteroatoms. The zero-order chi connectivity index (χ0) is 13.2. The third-order valence-electron chi connectivity index (χ3n) is 4.65. The van der Waals surface area contributed by atoms with Gasteiger partial charge in [0.25, 0.3) is 0 Å². The molecule has 2 heterocycles. The van der Waals surface area contributed by atoms with Gasteiger partial charge >= 0.3 is 0 Å². The molecule has 0 amide bonds. The largest absolute Gasteiger partial charge is 0.370 e. The van der Waals surface area contributed by atoms with Gasteiger partial charge in [-0.25, -0.2) is 0 Å². The number of aryl methyl sites for hydroxylation is 2. The van der Waals surface area contributed by atoms with Crippen LogP contribution in [0.15, 0.2) is 18.2 Å². The molecule has 1 aromatic carbocycles. The highest BCUT2D eigenvalue weighted by Crippen LogP contribution is 2.29. The van der Waals surface area contributed by atoms with Crippen LogP contribution < -0.4 is 10.2 Å². The Morgan fingerprint density at radius 2 is 2.26 bits per heavy atom. The second-order valence-electron chi connectivity index (χ2n) is 6.46. The Hall–Kier alpha value is -1.02. The van der Waals surface area contributed by atoms with E-state index in [0.717, 1.165) is 5.92 Å². The van der Waals surface area contributed by atoms with E-state index in [1.807, 2.05) is 0 Å². The minimum atomic E-state index is 0.677. The van der Waals surface area contributed by atoms with E-state index in [2.05, 4.69) is 42.3 Å². The number of benzene rings is 1. The summed E-state index contributed by atoms with van der Waals surface area (Å²) < 4.78 is 0. The summed E-state index contributed by atoms with van der Waals surface area (Å²) in [5.74, 6) is 0.883. The van der Waals surface area contributed by atoms with Crippen LogP contribution in [0.3, 0.4) is 0 Å². The summed E-state index contributed by atoms with van der Waals surface area (Å²) in [4.78, 5) is 2.61. The molecule has 1 aromatic rings. The number of piperidine rings is 1. The number of fused-ring (bicyclic) bond motifs is 1. The molecule has 0 saturated carbocycles. The van der Waals surface area contributed by atoms with Crippen LogP contribution in [0.2, 0.25) is 0 Å². The Balaban J connectivity index is 1.72. The van der Waals surface area contributed by atoms with Crippen LogP contribution in [0, 0.1) is 12.8 Å². The quantitative estimate of drug-likeness (QED) is 0.876. The van der Waals surface area contributed by atoms with Crippen molar-refractivity contribution in [2.24, 2.45) is 5.92 Å². The van der Waals surface area contributed by atoms with Crippen molar-refractivity contribution >= 4 is 5.69 Å². The lowest BCUT2D eigenvalue weighted by atomic mass is 9.93. The molecule has 1 N–H and O–H groups in total. The predicted octanol–water partition coefficient (Wildman–Crippen LogP) is 3.14. The number of rotatable bonds is 2. The first-order valence-electron chi connectivity index (χ1n) is 7.80. The first-order valence-corrected chi connectivity index (χ1v) is 7.80. The molecular formula is C17H26N2. The van der Waals surface area contributed by atoms with E-state index in [-0.39, 0.29) is 0 Å². The first-order chi connectivity index (χ1) is 9.22. The van der Waals surface area contributed by atoms with Crippen LogP contribution in [0.5, 0.6) is 0 Å². The van der Waals surface area contributed by atoms with Crippen molar-refractivity contribution in [2.45, 2.75) is 45.6 Å². The normalized spacial score (nSPS) is 27.2. The van der Waals surface area contributed by atoms with Gasteiger partial charge in [0.1, 0.15) is 0 Å². The van der Waals surface area contributed by atoms with Gasteiger partial charge in [-0.05, 0) is 56.7 Å². The van der Waals surface area contributed by atoms with Gasteiger partial charge in [-0.1, -0.05) is 24.6 Å². The van der Waals surface area contributed by atoms with E-state index in [1.54, 1.807) is 5.56 Å². The maximum Gasteiger partial charge on any atom is 0.0399 e. The fourth-order valence-electron chi connectivity index (χ4n) is 3.62. The van der Waals surface area contributed by atoms with Crippen molar-refractivity contribution in [2.75, 3.05) is 24.5 Å². The van der Waals surface area contributed by atoms with Gasteiger partial charge in [-0.3, -0.25) is 0 Å². The van der Waals surface area contributed by atoms with E-state index in [9.17, 15) is 0 Å². The molecule has 0 bridgehead atoms. The van der Waals surface area contributed by atoms with E-state index in [4.69, 9.17) is 0 Å². The van der Waals surface area contributed by atoms with E-state index in [0.29, 0.717) is 6.04 Å². The zero-order valence-electron chi connectivity index (χ0n) is 12.3. The Morgan fingerprint density at radius 1 is 1.37 bits per heavy atom. The average molecular weight is 258 g/mol. The lowest BCUT2D eigenvalue weighted by Crippen LogP contribution is -2.46. The molecule has 0 aliphatic carbocycles. The zero-order valence-corrected chi connectivity index (χ0v) is 12.3. The third kappa shape index (κ3) is 2.94. The number of anilines is 1. The lowest BCUT2D eigenvalue weighted by Gasteiger charge is -2.37. The van der Waals surface area contributed by atoms with Gasteiger partial charge in [-0.15, -0.1) is 0 Å². The van der Waals surface area contributed by atoms with Crippen LogP contribution in [-0.4, -0.2) is 25.7 Å². The topological polar surface area (TPSA) is 15.3 Å². The summed E-state index contributed by atoms with van der Waals surface area (Å²) in [5, 5.41) is 3.70. The SMILES string of the molecule is Cc1ccc2c(c1)CCCN2CC1CC(C)CCN1. The summed E-state index contributed by atoms with van der Waals surface area (Å²) >= 11 is 0. The molecule has 0 aromatic heterocycles. The van der Waals surface area contributed by atoms with Crippen molar-refractivity contribution in [1.82, 2.24) is 5.32 Å². The number of hydrogen-bond acceptors (Lipinski definition) is 2. The average Bonchev–Trinajstić information content (AvgIpc) is 2.38.